The van der Waals surface area contributed by atoms with Gasteiger partial charge in [-0.25, -0.2) is 19.5 Å². The molecule has 3 amide bonds. The Hall–Kier alpha value is -2.36. The zero-order chi connectivity index (χ0) is 19.6. The lowest BCUT2D eigenvalue weighted by molar-refractivity contribution is -0.174. The number of imide groups is 1. The maximum Gasteiger partial charge on any atom is 0.482 e. The standard InChI is InChI=1S/C15H14ClF4N3O3/c16-8-5-9(17)10(6-11(8)26-7-3-1-2-4-7)23(14(22)25)13(24)12(21)15(18,19)20/h5-7,21H,1-4H2,(H2,22,25)/p+1. The van der Waals surface area contributed by atoms with Gasteiger partial charge in [0.25, 0.3) is 0 Å². The zero-order valence-electron chi connectivity index (χ0n) is 13.3. The molecule has 1 aromatic rings. The Labute approximate surface area is 150 Å². The maximum atomic E-state index is 14.2. The number of nitrogens with zero attached hydrogens (tertiary/aromatic N) is 1. The minimum absolute atomic E-state index is 0.0837. The van der Waals surface area contributed by atoms with Gasteiger partial charge < -0.3 is 10.5 Å². The van der Waals surface area contributed by atoms with Gasteiger partial charge in [-0.3, -0.25) is 4.79 Å². The second kappa shape index (κ2) is 7.48. The number of benzene rings is 1. The van der Waals surface area contributed by atoms with E-state index in [9.17, 15) is 27.2 Å². The van der Waals surface area contributed by atoms with Crippen LogP contribution in [-0.4, -0.2) is 29.9 Å². The molecule has 6 nitrogen and oxygen atoms in total. The monoisotopic (exact) mass is 396 g/mol. The lowest BCUT2D eigenvalue weighted by Gasteiger charge is -2.21. The molecule has 0 radical (unpaired) electrons. The Morgan fingerprint density at radius 1 is 1.27 bits per heavy atom. The molecule has 1 aliphatic rings. The third-order valence-corrected chi connectivity index (χ3v) is 4.09. The third kappa shape index (κ3) is 4.24. The molecule has 2 rings (SSSR count). The topological polar surface area (TPSA) is 98.2 Å². The third-order valence-electron chi connectivity index (χ3n) is 3.80. The highest BCUT2D eigenvalue weighted by Crippen LogP contribution is 2.35. The van der Waals surface area contributed by atoms with E-state index in [1.54, 1.807) is 0 Å². The van der Waals surface area contributed by atoms with E-state index < -0.39 is 35.3 Å². The summed E-state index contributed by atoms with van der Waals surface area (Å²) in [6, 6.07) is -0.0774. The quantitative estimate of drug-likeness (QED) is 0.601. The highest BCUT2D eigenvalue weighted by molar-refractivity contribution is 6.47. The average molecular weight is 397 g/mol. The van der Waals surface area contributed by atoms with Crippen LogP contribution in [0.2, 0.25) is 5.02 Å². The first-order valence-electron chi connectivity index (χ1n) is 7.51. The summed E-state index contributed by atoms with van der Waals surface area (Å²) in [5.41, 5.74) is 2.00. The van der Waals surface area contributed by atoms with E-state index in [0.29, 0.717) is 6.07 Å². The number of rotatable bonds is 4. The Kier molecular flexibility index (Phi) is 5.74. The van der Waals surface area contributed by atoms with Crippen LogP contribution in [-0.2, 0) is 4.79 Å². The molecule has 1 aliphatic carbocycles. The number of nitrogens with two attached hydrogens (primary N) is 2. The van der Waals surface area contributed by atoms with Crippen LogP contribution >= 0.6 is 11.6 Å². The first kappa shape index (κ1) is 20.0. The predicted octanol–water partition coefficient (Wildman–Crippen LogP) is 1.97. The van der Waals surface area contributed by atoms with Crippen molar-refractivity contribution in [3.8, 4) is 5.75 Å². The molecule has 0 unspecified atom stereocenters. The van der Waals surface area contributed by atoms with Crippen molar-refractivity contribution >= 4 is 34.9 Å². The first-order chi connectivity index (χ1) is 12.0. The van der Waals surface area contributed by atoms with Crippen LogP contribution in [0.1, 0.15) is 25.7 Å². The molecule has 0 bridgehead atoms. The summed E-state index contributed by atoms with van der Waals surface area (Å²) in [7, 11) is 0. The van der Waals surface area contributed by atoms with Crippen molar-refractivity contribution in [1.29, 1.82) is 0 Å². The fourth-order valence-corrected chi connectivity index (χ4v) is 2.73. The molecule has 0 aliphatic heterocycles. The SMILES string of the molecule is NC(=O)N(C(=O)C(=[NH2+])C(F)(F)F)c1cc(OC2CCCC2)c(Cl)cc1F. The Morgan fingerprint density at radius 3 is 2.35 bits per heavy atom. The molecule has 1 saturated carbocycles. The smallest absolute Gasteiger partial charge is 0.482 e. The van der Waals surface area contributed by atoms with Crippen LogP contribution in [0.3, 0.4) is 0 Å². The number of amides is 3. The first-order valence-corrected chi connectivity index (χ1v) is 7.89. The van der Waals surface area contributed by atoms with Crippen LogP contribution in [0, 0.1) is 5.82 Å². The van der Waals surface area contributed by atoms with Crippen molar-refractivity contribution in [1.82, 2.24) is 0 Å². The number of carbonyl (C=O) groups excluding carboxylic acids is 2. The second-order valence-corrected chi connectivity index (χ2v) is 6.06. The van der Waals surface area contributed by atoms with Gasteiger partial charge in [0.05, 0.1) is 16.8 Å². The van der Waals surface area contributed by atoms with Crippen molar-refractivity contribution in [3.05, 3.63) is 23.0 Å². The van der Waals surface area contributed by atoms with Gasteiger partial charge in [0.15, 0.2) is 0 Å². The number of ether oxygens (including phenoxy) is 1. The van der Waals surface area contributed by atoms with Crippen molar-refractivity contribution in [2.24, 2.45) is 5.73 Å². The number of hydrogen-bond acceptors (Lipinski definition) is 3. The predicted molar refractivity (Wildman–Crippen MR) is 84.4 cm³/mol. The lowest BCUT2D eigenvalue weighted by Crippen LogP contribution is -2.60. The molecule has 0 saturated heterocycles. The number of halogens is 5. The van der Waals surface area contributed by atoms with Crippen LogP contribution < -0.4 is 20.8 Å². The van der Waals surface area contributed by atoms with Gasteiger partial charge in [-0.05, 0) is 31.7 Å². The number of hydrogen-bond donors (Lipinski definition) is 2. The molecule has 0 aromatic heterocycles. The largest absolute Gasteiger partial charge is 0.489 e. The fraction of sp³-hybridized carbons (Fsp3) is 0.400. The summed E-state index contributed by atoms with van der Waals surface area (Å²) in [4.78, 5) is 23.2. The zero-order valence-corrected chi connectivity index (χ0v) is 14.0. The second-order valence-electron chi connectivity index (χ2n) is 5.65. The minimum atomic E-state index is -5.23. The fourth-order valence-electron chi connectivity index (χ4n) is 2.54. The van der Waals surface area contributed by atoms with Gasteiger partial charge in [0.2, 0.25) is 0 Å². The number of anilines is 1. The molecule has 1 aromatic carbocycles. The molecule has 4 N–H and O–H groups in total. The van der Waals surface area contributed by atoms with Crippen molar-refractivity contribution in [2.45, 2.75) is 38.0 Å². The lowest BCUT2D eigenvalue weighted by atomic mass is 10.2. The normalized spacial score (nSPS) is 15.0. The van der Waals surface area contributed by atoms with Gasteiger partial charge in [0, 0.05) is 6.07 Å². The summed E-state index contributed by atoms with van der Waals surface area (Å²) < 4.78 is 57.7. The van der Waals surface area contributed by atoms with Crippen LogP contribution in [0.25, 0.3) is 0 Å². The van der Waals surface area contributed by atoms with Gasteiger partial charge in [0.1, 0.15) is 11.6 Å². The molecule has 11 heteroatoms. The van der Waals surface area contributed by atoms with Gasteiger partial charge >= 0.3 is 23.8 Å². The molecule has 0 spiro atoms. The molecular weight excluding hydrogens is 382 g/mol. The maximum absolute atomic E-state index is 14.2. The van der Waals surface area contributed by atoms with Gasteiger partial charge in [-0.2, -0.15) is 13.2 Å². The van der Waals surface area contributed by atoms with Crippen LogP contribution in [0.5, 0.6) is 5.75 Å². The molecule has 26 heavy (non-hydrogen) atoms. The summed E-state index contributed by atoms with van der Waals surface area (Å²) in [6.07, 6.45) is -2.17. The number of alkyl halides is 3. The Bertz CT molecular complexity index is 748. The van der Waals surface area contributed by atoms with E-state index in [1.165, 1.54) is 0 Å². The Morgan fingerprint density at radius 2 is 1.85 bits per heavy atom. The van der Waals surface area contributed by atoms with E-state index in [0.717, 1.165) is 31.7 Å². The highest BCUT2D eigenvalue weighted by atomic mass is 35.5. The highest BCUT2D eigenvalue weighted by Gasteiger charge is 2.49. The van der Waals surface area contributed by atoms with E-state index >= 15 is 0 Å². The minimum Gasteiger partial charge on any atom is -0.489 e. The number of carbonyl (C=O) groups is 2. The summed E-state index contributed by atoms with van der Waals surface area (Å²) >= 11 is 5.88. The van der Waals surface area contributed by atoms with Crippen molar-refractivity contribution in [3.63, 3.8) is 0 Å². The van der Waals surface area contributed by atoms with E-state index in [1.807, 2.05) is 0 Å². The van der Waals surface area contributed by atoms with Gasteiger partial charge in [-0.15, -0.1) is 0 Å². The van der Waals surface area contributed by atoms with E-state index in [-0.39, 0.29) is 21.8 Å². The molecule has 0 heterocycles. The summed E-state index contributed by atoms with van der Waals surface area (Å²) in [6.45, 7) is 0. The molecule has 142 valence electrons. The van der Waals surface area contributed by atoms with Crippen LogP contribution in [0.15, 0.2) is 12.1 Å². The van der Waals surface area contributed by atoms with Gasteiger partial charge in [-0.1, -0.05) is 11.6 Å². The number of urea groups is 1. The molecular formula is C15H15ClF4N3O3+. The van der Waals surface area contributed by atoms with Crippen molar-refractivity contribution < 1.29 is 37.3 Å². The number of primary amides is 1. The van der Waals surface area contributed by atoms with Crippen molar-refractivity contribution in [2.75, 3.05) is 4.90 Å². The Balaban J connectivity index is 2.43. The van der Waals surface area contributed by atoms with E-state index in [2.05, 4.69) is 0 Å². The summed E-state index contributed by atoms with van der Waals surface area (Å²) in [5.74, 6) is -3.33. The molecule has 1 fully saturated rings. The summed E-state index contributed by atoms with van der Waals surface area (Å²) in [5, 5.41) is 4.57. The van der Waals surface area contributed by atoms with E-state index in [4.69, 9.17) is 27.5 Å². The average Bonchev–Trinajstić information content (AvgIpc) is 3.02. The molecule has 0 atom stereocenters. The van der Waals surface area contributed by atoms with Crippen LogP contribution in [0.4, 0.5) is 28.0 Å².